The molecule has 0 bridgehead atoms. The summed E-state index contributed by atoms with van der Waals surface area (Å²) < 4.78 is 40.1. The SMILES string of the molecule is C=CCN1C(=O)C(O)C(=O)c2cc(-c3cn(Cc4cccc(C(F)(F)F)c4)nn3)ccc21. The number of hydrogen-bond acceptors (Lipinski definition) is 5. The summed E-state index contributed by atoms with van der Waals surface area (Å²) in [6.45, 7) is 3.78. The molecule has 1 amide bonds. The molecule has 0 spiro atoms. The maximum Gasteiger partial charge on any atom is 0.416 e. The van der Waals surface area contributed by atoms with Crippen LogP contribution in [0, 0.1) is 0 Å². The van der Waals surface area contributed by atoms with E-state index < -0.39 is 29.5 Å². The van der Waals surface area contributed by atoms with Gasteiger partial charge in [-0.05, 0) is 29.8 Å². The van der Waals surface area contributed by atoms with Crippen LogP contribution in [0.5, 0.6) is 0 Å². The van der Waals surface area contributed by atoms with Crippen molar-refractivity contribution in [2.45, 2.75) is 18.8 Å². The highest BCUT2D eigenvalue weighted by molar-refractivity contribution is 6.24. The zero-order valence-corrected chi connectivity index (χ0v) is 16.6. The number of anilines is 1. The molecule has 3 aromatic rings. The van der Waals surface area contributed by atoms with Gasteiger partial charge in [0.05, 0.1) is 24.0 Å². The molecule has 10 heteroatoms. The lowest BCUT2D eigenvalue weighted by atomic mass is 9.95. The summed E-state index contributed by atoms with van der Waals surface area (Å²) in [5, 5.41) is 18.0. The molecule has 1 atom stereocenters. The van der Waals surface area contributed by atoms with Crippen LogP contribution >= 0.6 is 0 Å². The molecule has 2 heterocycles. The molecule has 164 valence electrons. The van der Waals surface area contributed by atoms with E-state index in [1.807, 2.05) is 0 Å². The van der Waals surface area contributed by atoms with Crippen molar-refractivity contribution in [1.82, 2.24) is 15.0 Å². The minimum atomic E-state index is -4.44. The van der Waals surface area contributed by atoms with Gasteiger partial charge in [0.25, 0.3) is 5.91 Å². The first-order valence-electron chi connectivity index (χ1n) is 9.54. The largest absolute Gasteiger partial charge is 0.416 e. The molecular formula is C22H17F3N4O3. The summed E-state index contributed by atoms with van der Waals surface area (Å²) >= 11 is 0. The van der Waals surface area contributed by atoms with Crippen LogP contribution < -0.4 is 4.90 Å². The average molecular weight is 442 g/mol. The molecule has 1 aliphatic heterocycles. The lowest BCUT2D eigenvalue weighted by Crippen LogP contribution is -2.48. The number of rotatable bonds is 5. The molecule has 1 unspecified atom stereocenters. The third kappa shape index (κ3) is 3.92. The van der Waals surface area contributed by atoms with Gasteiger partial charge >= 0.3 is 6.18 Å². The average Bonchev–Trinajstić information content (AvgIpc) is 3.23. The summed E-state index contributed by atoms with van der Waals surface area (Å²) in [5.41, 5.74) is 1.05. The number of carbonyl (C=O) groups excluding carboxylic acids is 2. The van der Waals surface area contributed by atoms with Crippen molar-refractivity contribution in [2.75, 3.05) is 11.4 Å². The van der Waals surface area contributed by atoms with Gasteiger partial charge < -0.3 is 10.0 Å². The van der Waals surface area contributed by atoms with E-state index in [-0.39, 0.29) is 18.7 Å². The first-order chi connectivity index (χ1) is 15.2. The predicted molar refractivity (Wildman–Crippen MR) is 109 cm³/mol. The van der Waals surface area contributed by atoms with Gasteiger partial charge in [0.15, 0.2) is 6.10 Å². The van der Waals surface area contributed by atoms with Crippen molar-refractivity contribution in [3.05, 3.63) is 78.0 Å². The summed E-state index contributed by atoms with van der Waals surface area (Å²) in [5.74, 6) is -1.44. The van der Waals surface area contributed by atoms with E-state index in [4.69, 9.17) is 0 Å². The summed E-state index contributed by atoms with van der Waals surface area (Å²) in [4.78, 5) is 25.9. The van der Waals surface area contributed by atoms with Crippen molar-refractivity contribution in [1.29, 1.82) is 0 Å². The Hall–Kier alpha value is -3.79. The van der Waals surface area contributed by atoms with Crippen LogP contribution in [-0.2, 0) is 17.5 Å². The number of aliphatic hydroxyl groups excluding tert-OH is 1. The monoisotopic (exact) mass is 442 g/mol. The molecule has 0 saturated heterocycles. The first kappa shape index (κ1) is 21.4. The first-order valence-corrected chi connectivity index (χ1v) is 9.54. The number of nitrogens with zero attached hydrogens (tertiary/aromatic N) is 4. The van der Waals surface area contributed by atoms with Crippen molar-refractivity contribution in [3.63, 3.8) is 0 Å². The smallest absolute Gasteiger partial charge is 0.376 e. The minimum Gasteiger partial charge on any atom is -0.376 e. The third-order valence-electron chi connectivity index (χ3n) is 5.05. The zero-order valence-electron chi connectivity index (χ0n) is 16.6. The molecule has 0 aliphatic carbocycles. The number of aliphatic hydroxyl groups is 1. The standard InChI is InChI=1S/C22H17F3N4O3/c1-2-8-29-18-7-6-14(10-16(18)19(30)20(31)21(29)32)17-12-28(27-26-17)11-13-4-3-5-15(9-13)22(23,24)25/h2-7,9-10,12,20,31H,1,8,11H2. The van der Waals surface area contributed by atoms with Crippen LogP contribution in [0.4, 0.5) is 18.9 Å². The number of amides is 1. The zero-order chi connectivity index (χ0) is 23.0. The summed E-state index contributed by atoms with van der Waals surface area (Å²) in [6.07, 6.45) is -3.21. The third-order valence-corrected chi connectivity index (χ3v) is 5.05. The molecule has 4 rings (SSSR count). The van der Waals surface area contributed by atoms with Crippen molar-refractivity contribution >= 4 is 17.4 Å². The maximum absolute atomic E-state index is 12.9. The second-order valence-electron chi connectivity index (χ2n) is 7.24. The highest BCUT2D eigenvalue weighted by atomic mass is 19.4. The molecule has 2 aromatic carbocycles. The fourth-order valence-electron chi connectivity index (χ4n) is 3.51. The fraction of sp³-hybridized carbons (Fsp3) is 0.182. The van der Waals surface area contributed by atoms with Crippen LogP contribution in [0.3, 0.4) is 0 Å². The number of ketones is 1. The molecule has 1 aromatic heterocycles. The number of halogens is 3. The highest BCUT2D eigenvalue weighted by Crippen LogP contribution is 2.32. The normalized spacial score (nSPS) is 16.2. The Balaban J connectivity index is 1.62. The van der Waals surface area contributed by atoms with Gasteiger partial charge in [-0.1, -0.05) is 29.5 Å². The van der Waals surface area contributed by atoms with Gasteiger partial charge in [-0.15, -0.1) is 11.7 Å². The quantitative estimate of drug-likeness (QED) is 0.485. The molecule has 1 aliphatic rings. The molecule has 1 N–H and O–H groups in total. The van der Waals surface area contributed by atoms with Crippen LogP contribution in [0.25, 0.3) is 11.3 Å². The number of fused-ring (bicyclic) bond motifs is 1. The van der Waals surface area contributed by atoms with Gasteiger partial charge in [-0.25, -0.2) is 4.68 Å². The van der Waals surface area contributed by atoms with E-state index in [0.717, 1.165) is 12.1 Å². The van der Waals surface area contributed by atoms with Crippen LogP contribution in [0.2, 0.25) is 0 Å². The number of carbonyl (C=O) groups is 2. The van der Waals surface area contributed by atoms with Crippen LogP contribution in [0.1, 0.15) is 21.5 Å². The van der Waals surface area contributed by atoms with Gasteiger partial charge in [0.2, 0.25) is 5.78 Å². The van der Waals surface area contributed by atoms with Gasteiger partial charge in [0.1, 0.15) is 5.69 Å². The van der Waals surface area contributed by atoms with Crippen molar-refractivity contribution in [2.24, 2.45) is 0 Å². The minimum absolute atomic E-state index is 0.0706. The van der Waals surface area contributed by atoms with Crippen molar-refractivity contribution < 1.29 is 27.9 Å². The highest BCUT2D eigenvalue weighted by Gasteiger charge is 2.38. The number of alkyl halides is 3. The molecule has 0 fully saturated rings. The van der Waals surface area contributed by atoms with Gasteiger partial charge in [-0.2, -0.15) is 13.2 Å². The van der Waals surface area contributed by atoms with E-state index in [0.29, 0.717) is 22.5 Å². The molecule has 7 nitrogen and oxygen atoms in total. The molecular weight excluding hydrogens is 425 g/mol. The second kappa shape index (κ2) is 8.04. The fourth-order valence-corrected chi connectivity index (χ4v) is 3.51. The van der Waals surface area contributed by atoms with Crippen molar-refractivity contribution in [3.8, 4) is 11.3 Å². The Bertz CT molecular complexity index is 1220. The Labute approximate surface area is 180 Å². The van der Waals surface area contributed by atoms with Gasteiger partial charge in [-0.3, -0.25) is 9.59 Å². The Morgan fingerprint density at radius 3 is 2.66 bits per heavy atom. The van der Waals surface area contributed by atoms with Crippen LogP contribution in [-0.4, -0.2) is 44.4 Å². The lowest BCUT2D eigenvalue weighted by molar-refractivity contribution is -0.137. The van der Waals surface area contributed by atoms with E-state index in [2.05, 4.69) is 16.9 Å². The Kier molecular flexibility index (Phi) is 5.39. The van der Waals surface area contributed by atoms with E-state index in [1.54, 1.807) is 24.4 Å². The second-order valence-corrected chi connectivity index (χ2v) is 7.24. The lowest BCUT2D eigenvalue weighted by Gasteiger charge is -2.30. The van der Waals surface area contributed by atoms with Crippen LogP contribution in [0.15, 0.2) is 61.3 Å². The summed E-state index contributed by atoms with van der Waals surface area (Å²) in [7, 11) is 0. The molecule has 32 heavy (non-hydrogen) atoms. The number of Topliss-reactive ketones (excluding diaryl/α,β-unsaturated/α-hetero) is 1. The molecule has 0 radical (unpaired) electrons. The Morgan fingerprint density at radius 2 is 1.94 bits per heavy atom. The summed E-state index contributed by atoms with van der Waals surface area (Å²) in [6, 6.07) is 9.64. The number of hydrogen-bond donors (Lipinski definition) is 1. The van der Waals surface area contributed by atoms with E-state index in [1.165, 1.54) is 27.8 Å². The number of aromatic nitrogens is 3. The van der Waals surface area contributed by atoms with E-state index in [9.17, 15) is 27.9 Å². The Morgan fingerprint density at radius 1 is 1.16 bits per heavy atom. The predicted octanol–water partition coefficient (Wildman–Crippen LogP) is 3.09. The maximum atomic E-state index is 12.9. The van der Waals surface area contributed by atoms with E-state index >= 15 is 0 Å². The molecule has 0 saturated carbocycles. The van der Waals surface area contributed by atoms with Gasteiger partial charge in [0, 0.05) is 17.7 Å². The number of benzene rings is 2. The topological polar surface area (TPSA) is 88.3 Å².